The first-order valence-electron chi connectivity index (χ1n) is 7.76. The van der Waals surface area contributed by atoms with Gasteiger partial charge in [0.1, 0.15) is 29.4 Å². The van der Waals surface area contributed by atoms with Crippen LogP contribution in [0.3, 0.4) is 0 Å². The Bertz CT molecular complexity index is 847. The quantitative estimate of drug-likeness (QED) is 0.743. The second-order valence-corrected chi connectivity index (χ2v) is 9.04. The Labute approximate surface area is 147 Å². The van der Waals surface area contributed by atoms with Crippen molar-refractivity contribution in [2.75, 3.05) is 12.3 Å². The van der Waals surface area contributed by atoms with Crippen molar-refractivity contribution in [3.63, 3.8) is 0 Å². The fraction of sp³-hybridized carbons (Fsp3) is 0.615. The Kier molecular flexibility index (Phi) is 4.25. The van der Waals surface area contributed by atoms with E-state index in [9.17, 15) is 9.67 Å². The van der Waals surface area contributed by atoms with Crippen LogP contribution >= 0.6 is 19.6 Å². The third kappa shape index (κ3) is 2.94. The number of imidazole rings is 1. The van der Waals surface area contributed by atoms with E-state index in [1.54, 1.807) is 24.7 Å². The molecule has 0 bridgehead atoms. The molecule has 12 heteroatoms. The summed E-state index contributed by atoms with van der Waals surface area (Å²) in [5.74, 6) is 0.271. The van der Waals surface area contributed by atoms with E-state index in [2.05, 4.69) is 15.0 Å². The molecule has 25 heavy (non-hydrogen) atoms. The molecule has 2 saturated heterocycles. The third-order valence-corrected chi connectivity index (χ3v) is 7.14. The second-order valence-electron chi connectivity index (χ2n) is 6.11. The van der Waals surface area contributed by atoms with Gasteiger partial charge >= 0.3 is 7.82 Å². The number of rotatable bonds is 3. The van der Waals surface area contributed by atoms with E-state index < -0.39 is 25.4 Å². The molecule has 4 rings (SSSR count). The van der Waals surface area contributed by atoms with Crippen molar-refractivity contribution >= 4 is 36.6 Å². The van der Waals surface area contributed by atoms with Gasteiger partial charge in [-0.1, -0.05) is 0 Å². The highest BCUT2D eigenvalue weighted by Gasteiger charge is 2.53. The van der Waals surface area contributed by atoms with Gasteiger partial charge in [-0.25, -0.2) is 19.5 Å². The smallest absolute Gasteiger partial charge is 0.387 e. The summed E-state index contributed by atoms with van der Waals surface area (Å²) in [5, 5.41) is 10.1. The van der Waals surface area contributed by atoms with Crippen LogP contribution in [0.5, 0.6) is 0 Å². The van der Waals surface area contributed by atoms with Crippen molar-refractivity contribution in [2.24, 2.45) is 0 Å². The highest BCUT2D eigenvalue weighted by atomic mass is 32.2. The van der Waals surface area contributed by atoms with Gasteiger partial charge in [0.15, 0.2) is 11.5 Å². The monoisotopic (exact) mass is 387 g/mol. The van der Waals surface area contributed by atoms with E-state index >= 15 is 0 Å². The zero-order valence-electron chi connectivity index (χ0n) is 13.6. The summed E-state index contributed by atoms with van der Waals surface area (Å²) in [6, 6.07) is 0. The van der Waals surface area contributed by atoms with Crippen molar-refractivity contribution in [1.82, 2.24) is 19.5 Å². The number of anilines is 1. The minimum atomic E-state index is -3.68. The minimum Gasteiger partial charge on any atom is -0.387 e. The van der Waals surface area contributed by atoms with E-state index in [4.69, 9.17) is 19.3 Å². The number of hydrogen-bond acceptors (Lipinski definition) is 10. The van der Waals surface area contributed by atoms with E-state index in [0.29, 0.717) is 11.2 Å². The molecule has 0 aliphatic carbocycles. The maximum absolute atomic E-state index is 12.5. The number of nitrogens with two attached hydrogens (primary N) is 1. The molecule has 10 nitrogen and oxygen atoms in total. The van der Waals surface area contributed by atoms with Crippen molar-refractivity contribution in [2.45, 2.75) is 42.8 Å². The van der Waals surface area contributed by atoms with Gasteiger partial charge in [-0.05, 0) is 13.8 Å². The summed E-state index contributed by atoms with van der Waals surface area (Å²) in [6.45, 7) is 3.64. The maximum Gasteiger partial charge on any atom is 0.475 e. The zero-order chi connectivity index (χ0) is 17.8. The summed E-state index contributed by atoms with van der Waals surface area (Å²) in [4.78, 5) is 12.3. The van der Waals surface area contributed by atoms with Crippen LogP contribution in [0, 0.1) is 0 Å². The Hall–Kier alpha value is -1.23. The molecule has 0 spiro atoms. The van der Waals surface area contributed by atoms with Gasteiger partial charge in [0.05, 0.1) is 24.3 Å². The molecular weight excluding hydrogens is 369 g/mol. The van der Waals surface area contributed by atoms with Crippen LogP contribution in [0.4, 0.5) is 5.82 Å². The van der Waals surface area contributed by atoms with Gasteiger partial charge < -0.3 is 10.8 Å². The van der Waals surface area contributed by atoms with Crippen LogP contribution in [0.1, 0.15) is 19.2 Å². The minimum absolute atomic E-state index is 0.163. The predicted octanol–water partition coefficient (Wildman–Crippen LogP) is 1.33. The molecular formula is C13H18N5O5PS. The van der Waals surface area contributed by atoms with Crippen molar-refractivity contribution in [3.05, 3.63) is 12.7 Å². The van der Waals surface area contributed by atoms with Gasteiger partial charge in [-0.15, -0.1) is 11.8 Å². The SMILES string of the molecule is CC(C)OP1(=O)OC[C@H]2S[C@@H](n3cnc4c(N)ncnc43)[C@H](O)[C@@H]2O1. The topological polar surface area (TPSA) is 135 Å². The number of phosphoric acid groups is 1. The average molecular weight is 387 g/mol. The van der Waals surface area contributed by atoms with Crippen molar-refractivity contribution in [3.8, 4) is 0 Å². The van der Waals surface area contributed by atoms with Crippen LogP contribution in [0.15, 0.2) is 12.7 Å². The number of aromatic nitrogens is 4. The Balaban J connectivity index is 1.62. The second kappa shape index (κ2) is 6.19. The molecule has 2 fully saturated rings. The maximum atomic E-state index is 12.5. The zero-order valence-corrected chi connectivity index (χ0v) is 15.3. The largest absolute Gasteiger partial charge is 0.475 e. The number of hydrogen-bond donors (Lipinski definition) is 2. The summed E-state index contributed by atoms with van der Waals surface area (Å²) in [5.41, 5.74) is 6.79. The molecule has 0 saturated carbocycles. The molecule has 1 unspecified atom stereocenters. The van der Waals surface area contributed by atoms with Crippen LogP contribution in [0.2, 0.25) is 0 Å². The predicted molar refractivity (Wildman–Crippen MR) is 90.8 cm³/mol. The lowest BCUT2D eigenvalue weighted by molar-refractivity contribution is -0.0326. The first-order chi connectivity index (χ1) is 11.9. The highest BCUT2D eigenvalue weighted by molar-refractivity contribution is 8.00. The number of fused-ring (bicyclic) bond motifs is 2. The van der Waals surface area contributed by atoms with Gasteiger partial charge in [0, 0.05) is 0 Å². The van der Waals surface area contributed by atoms with Crippen molar-refractivity contribution in [1.29, 1.82) is 0 Å². The number of nitrogens with zero attached hydrogens (tertiary/aromatic N) is 4. The number of thioether (sulfide) groups is 1. The first-order valence-corrected chi connectivity index (χ1v) is 10.2. The van der Waals surface area contributed by atoms with Gasteiger partial charge in [0.2, 0.25) is 0 Å². The number of phosphoric ester groups is 1. The lowest BCUT2D eigenvalue weighted by atomic mass is 10.1. The summed E-state index contributed by atoms with van der Waals surface area (Å²) >= 11 is 1.45. The molecule has 2 aromatic rings. The molecule has 5 atom stereocenters. The van der Waals surface area contributed by atoms with Crippen LogP contribution in [-0.4, -0.2) is 54.8 Å². The van der Waals surface area contributed by atoms with Crippen LogP contribution < -0.4 is 5.73 Å². The summed E-state index contributed by atoms with van der Waals surface area (Å²) in [7, 11) is -3.68. The lowest BCUT2D eigenvalue weighted by Gasteiger charge is -2.32. The molecule has 2 aliphatic rings. The first kappa shape index (κ1) is 17.2. The Morgan fingerprint density at radius 1 is 1.48 bits per heavy atom. The molecule has 0 radical (unpaired) electrons. The number of nitrogen functional groups attached to an aromatic ring is 1. The van der Waals surface area contributed by atoms with E-state index in [0.717, 1.165) is 0 Å². The van der Waals surface area contributed by atoms with E-state index in [1.807, 2.05) is 0 Å². The molecule has 0 amide bonds. The van der Waals surface area contributed by atoms with Crippen LogP contribution in [-0.2, 0) is 18.1 Å². The molecule has 0 aromatic carbocycles. The van der Waals surface area contributed by atoms with Crippen LogP contribution in [0.25, 0.3) is 11.2 Å². The molecule has 2 aliphatic heterocycles. The normalized spacial score (nSPS) is 35.4. The number of aliphatic hydroxyl groups is 1. The molecule has 4 heterocycles. The van der Waals surface area contributed by atoms with Gasteiger partial charge in [-0.3, -0.25) is 18.1 Å². The third-order valence-electron chi connectivity index (χ3n) is 3.96. The van der Waals surface area contributed by atoms with Gasteiger partial charge in [0.25, 0.3) is 0 Å². The van der Waals surface area contributed by atoms with Crippen molar-refractivity contribution < 1.29 is 23.2 Å². The van der Waals surface area contributed by atoms with Gasteiger partial charge in [-0.2, -0.15) is 0 Å². The lowest BCUT2D eigenvalue weighted by Crippen LogP contribution is -2.39. The average Bonchev–Trinajstić information content (AvgIpc) is 3.09. The summed E-state index contributed by atoms with van der Waals surface area (Å²) in [6.07, 6.45) is 0.973. The fourth-order valence-corrected chi connectivity index (χ4v) is 6.19. The van der Waals surface area contributed by atoms with E-state index in [1.165, 1.54) is 18.1 Å². The summed E-state index contributed by atoms with van der Waals surface area (Å²) < 4.78 is 30.4. The van der Waals surface area contributed by atoms with E-state index in [-0.39, 0.29) is 23.8 Å². The Morgan fingerprint density at radius 2 is 2.28 bits per heavy atom. The fourth-order valence-electron chi connectivity index (χ4n) is 2.93. The highest BCUT2D eigenvalue weighted by Crippen LogP contribution is 2.60. The molecule has 3 N–H and O–H groups in total. The Morgan fingerprint density at radius 3 is 3.04 bits per heavy atom. The standard InChI is InChI=1S/C13H18N5O5PS/c1-6(2)22-24(20)21-3-7-10(23-24)9(19)13(25-7)18-5-17-8-11(14)15-4-16-12(8)18/h4-7,9-10,13,19H,3H2,1-2H3,(H2,14,15,16)/t7-,9-,10-,13-,24?/m1/s1. The molecule has 2 aromatic heterocycles. The molecule has 136 valence electrons. The number of aliphatic hydroxyl groups excluding tert-OH is 1.